The van der Waals surface area contributed by atoms with E-state index in [-0.39, 0.29) is 25.5 Å². The van der Waals surface area contributed by atoms with E-state index < -0.39 is 17.7 Å². The molecule has 1 atom stereocenters. The number of anilines is 1. The lowest BCUT2D eigenvalue weighted by atomic mass is 10.1. The summed E-state index contributed by atoms with van der Waals surface area (Å²) in [6.45, 7) is -0.0564. The first-order valence-corrected chi connectivity index (χ1v) is 9.46. The van der Waals surface area contributed by atoms with Crippen molar-refractivity contribution in [3.8, 4) is 17.2 Å². The molecule has 0 radical (unpaired) electrons. The molecule has 9 heteroatoms. The van der Waals surface area contributed by atoms with Crippen LogP contribution >= 0.6 is 11.6 Å². The lowest BCUT2D eigenvalue weighted by Crippen LogP contribution is -2.27. The van der Waals surface area contributed by atoms with Gasteiger partial charge in [-0.15, -0.1) is 0 Å². The smallest absolute Gasteiger partial charge is 0.311 e. The fourth-order valence-electron chi connectivity index (χ4n) is 3.28. The fourth-order valence-corrected chi connectivity index (χ4v) is 3.52. The minimum Gasteiger partial charge on any atom is -0.496 e. The van der Waals surface area contributed by atoms with Crippen LogP contribution in [-0.2, 0) is 20.9 Å². The normalized spacial score (nSPS) is 15.8. The molecule has 160 valence electrons. The van der Waals surface area contributed by atoms with E-state index in [0.29, 0.717) is 33.5 Å². The molecular weight excluding hydrogens is 417 g/mol. The zero-order valence-electron chi connectivity index (χ0n) is 16.7. The molecule has 1 heterocycles. The average molecular weight is 438 g/mol. The van der Waals surface area contributed by atoms with E-state index in [0.717, 1.165) is 0 Å². The van der Waals surface area contributed by atoms with Crippen molar-refractivity contribution in [3.05, 3.63) is 46.7 Å². The van der Waals surface area contributed by atoms with E-state index in [4.69, 9.17) is 30.5 Å². The summed E-state index contributed by atoms with van der Waals surface area (Å²) >= 11 is 6.19. The number of rotatable bonds is 7. The summed E-state index contributed by atoms with van der Waals surface area (Å²) in [6.07, 6.45) is -0.0219. The topological polar surface area (TPSA) is 74.3 Å². The van der Waals surface area contributed by atoms with Crippen LogP contribution < -0.4 is 19.1 Å². The maximum atomic E-state index is 13.5. The van der Waals surface area contributed by atoms with Crippen LogP contribution in [0.1, 0.15) is 12.0 Å². The first-order chi connectivity index (χ1) is 14.4. The summed E-state index contributed by atoms with van der Waals surface area (Å²) in [6, 6.07) is 7.09. The maximum Gasteiger partial charge on any atom is 0.311 e. The summed E-state index contributed by atoms with van der Waals surface area (Å²) < 4.78 is 34.5. The van der Waals surface area contributed by atoms with Crippen molar-refractivity contribution in [3.63, 3.8) is 0 Å². The molecule has 30 heavy (non-hydrogen) atoms. The third kappa shape index (κ3) is 4.43. The van der Waals surface area contributed by atoms with Crippen LogP contribution in [0.25, 0.3) is 0 Å². The van der Waals surface area contributed by atoms with Crippen LogP contribution in [0.2, 0.25) is 5.02 Å². The van der Waals surface area contributed by atoms with Crippen molar-refractivity contribution >= 4 is 29.2 Å². The molecule has 0 spiro atoms. The van der Waals surface area contributed by atoms with Gasteiger partial charge in [0.15, 0.2) is 0 Å². The van der Waals surface area contributed by atoms with Gasteiger partial charge in [0.05, 0.1) is 38.0 Å². The Morgan fingerprint density at radius 3 is 2.47 bits per heavy atom. The minimum atomic E-state index is -0.678. The van der Waals surface area contributed by atoms with Crippen LogP contribution in [0.15, 0.2) is 30.3 Å². The Balaban J connectivity index is 1.72. The number of carbonyl (C=O) groups is 2. The summed E-state index contributed by atoms with van der Waals surface area (Å²) in [4.78, 5) is 26.5. The van der Waals surface area contributed by atoms with E-state index in [9.17, 15) is 14.0 Å². The van der Waals surface area contributed by atoms with Gasteiger partial charge < -0.3 is 23.8 Å². The van der Waals surface area contributed by atoms with Crippen LogP contribution in [0.4, 0.5) is 10.1 Å². The Hall–Kier alpha value is -3.00. The van der Waals surface area contributed by atoms with Gasteiger partial charge in [-0.05, 0) is 24.3 Å². The Kier molecular flexibility index (Phi) is 6.66. The Labute approximate surface area is 178 Å². The molecule has 2 aromatic rings. The summed E-state index contributed by atoms with van der Waals surface area (Å²) in [5.41, 5.74) is 0.839. The number of nitrogens with zero attached hydrogens (tertiary/aromatic N) is 1. The average Bonchev–Trinajstić information content (AvgIpc) is 3.13. The number of hydrogen-bond acceptors (Lipinski definition) is 6. The molecule has 0 saturated carbocycles. The molecule has 0 N–H and O–H groups in total. The second-order valence-electron chi connectivity index (χ2n) is 6.63. The predicted molar refractivity (Wildman–Crippen MR) is 108 cm³/mol. The van der Waals surface area contributed by atoms with Crippen LogP contribution in [0.5, 0.6) is 17.2 Å². The summed E-state index contributed by atoms with van der Waals surface area (Å²) in [5.74, 6) is -0.760. The number of benzene rings is 2. The molecule has 0 aromatic heterocycles. The number of hydrogen-bond donors (Lipinski definition) is 0. The molecule has 1 amide bonds. The van der Waals surface area contributed by atoms with Crippen molar-refractivity contribution in [2.45, 2.75) is 13.0 Å². The van der Waals surface area contributed by atoms with E-state index >= 15 is 0 Å². The highest BCUT2D eigenvalue weighted by molar-refractivity contribution is 6.32. The van der Waals surface area contributed by atoms with Crippen molar-refractivity contribution < 1.29 is 32.9 Å². The maximum absolute atomic E-state index is 13.5. The second kappa shape index (κ2) is 9.21. The van der Waals surface area contributed by atoms with Gasteiger partial charge in [-0.3, -0.25) is 9.59 Å². The van der Waals surface area contributed by atoms with Crippen molar-refractivity contribution in [2.24, 2.45) is 5.92 Å². The monoisotopic (exact) mass is 437 g/mol. The Bertz CT molecular complexity index is 967. The fraction of sp³-hybridized carbons (Fsp3) is 0.333. The van der Waals surface area contributed by atoms with Gasteiger partial charge in [-0.25, -0.2) is 4.39 Å². The van der Waals surface area contributed by atoms with Gasteiger partial charge in [0.25, 0.3) is 0 Å². The van der Waals surface area contributed by atoms with Gasteiger partial charge in [0, 0.05) is 24.6 Å². The highest BCUT2D eigenvalue weighted by Crippen LogP contribution is 2.40. The first-order valence-electron chi connectivity index (χ1n) is 9.08. The van der Waals surface area contributed by atoms with Gasteiger partial charge in [-0.2, -0.15) is 0 Å². The van der Waals surface area contributed by atoms with Crippen molar-refractivity contribution in [1.29, 1.82) is 0 Å². The lowest BCUT2D eigenvalue weighted by Gasteiger charge is -2.20. The van der Waals surface area contributed by atoms with Gasteiger partial charge in [-0.1, -0.05) is 11.6 Å². The summed E-state index contributed by atoms with van der Waals surface area (Å²) in [5, 5.41) is 0.310. The number of halogens is 2. The van der Waals surface area contributed by atoms with E-state index in [1.807, 2.05) is 0 Å². The number of esters is 1. The quantitative estimate of drug-likeness (QED) is 0.616. The molecule has 0 aliphatic carbocycles. The van der Waals surface area contributed by atoms with E-state index in [1.165, 1.54) is 44.4 Å². The molecule has 3 rings (SSSR count). The van der Waals surface area contributed by atoms with E-state index in [2.05, 4.69) is 0 Å². The molecule has 2 aromatic carbocycles. The third-order valence-electron chi connectivity index (χ3n) is 4.81. The molecule has 1 saturated heterocycles. The number of carbonyl (C=O) groups excluding carboxylic acids is 2. The lowest BCUT2D eigenvalue weighted by molar-refractivity contribution is -0.149. The Morgan fingerprint density at radius 1 is 1.10 bits per heavy atom. The molecule has 0 bridgehead atoms. The molecular formula is C21H21ClFNO6. The second-order valence-corrected chi connectivity index (χ2v) is 7.04. The third-order valence-corrected chi connectivity index (χ3v) is 5.11. The minimum absolute atomic E-state index is 0.0219. The molecule has 1 unspecified atom stereocenters. The van der Waals surface area contributed by atoms with Crippen LogP contribution in [0.3, 0.4) is 0 Å². The highest BCUT2D eigenvalue weighted by Gasteiger charge is 2.37. The van der Waals surface area contributed by atoms with E-state index in [1.54, 1.807) is 12.1 Å². The summed E-state index contributed by atoms with van der Waals surface area (Å²) in [7, 11) is 4.38. The van der Waals surface area contributed by atoms with Crippen LogP contribution in [-0.4, -0.2) is 39.8 Å². The number of ether oxygens (including phenoxy) is 4. The molecule has 1 aliphatic heterocycles. The van der Waals surface area contributed by atoms with Crippen LogP contribution in [0, 0.1) is 11.7 Å². The van der Waals surface area contributed by atoms with Crippen molar-refractivity contribution in [2.75, 3.05) is 32.8 Å². The van der Waals surface area contributed by atoms with Gasteiger partial charge in [0.2, 0.25) is 5.91 Å². The standard InChI is InChI=1S/C21H21ClFNO6/c1-27-17-5-4-14(23)6-13(17)11-30-21(26)12-7-20(25)24(10-12)16-8-15(22)18(28-2)9-19(16)29-3/h4-6,8-9,12H,7,10-11H2,1-3H3. The zero-order valence-corrected chi connectivity index (χ0v) is 17.5. The van der Waals surface area contributed by atoms with Gasteiger partial charge in [0.1, 0.15) is 29.7 Å². The van der Waals surface area contributed by atoms with Crippen molar-refractivity contribution in [1.82, 2.24) is 0 Å². The predicted octanol–water partition coefficient (Wildman–Crippen LogP) is 3.60. The SMILES string of the molecule is COc1cc(OC)c(N2CC(C(=O)OCc3cc(F)ccc3OC)CC2=O)cc1Cl. The molecule has 7 nitrogen and oxygen atoms in total. The highest BCUT2D eigenvalue weighted by atomic mass is 35.5. The van der Waals surface area contributed by atoms with Gasteiger partial charge >= 0.3 is 5.97 Å². The number of methoxy groups -OCH3 is 3. The molecule has 1 fully saturated rings. The molecule has 1 aliphatic rings. The zero-order chi connectivity index (χ0) is 21.8. The first kappa shape index (κ1) is 21.7. The number of amides is 1. The largest absolute Gasteiger partial charge is 0.496 e. The Morgan fingerprint density at radius 2 is 1.80 bits per heavy atom.